The number of alkyl halides is 2. The molecule has 0 saturated carbocycles. The zero-order chi connectivity index (χ0) is 26.7. The van der Waals surface area contributed by atoms with Crippen LogP contribution in [0.15, 0.2) is 48.7 Å². The summed E-state index contributed by atoms with van der Waals surface area (Å²) in [5, 5.41) is 5.58. The van der Waals surface area contributed by atoms with Gasteiger partial charge in [-0.1, -0.05) is 24.3 Å². The number of fused-ring (bicyclic) bond motifs is 1. The van der Waals surface area contributed by atoms with Gasteiger partial charge in [-0.2, -0.15) is 13.8 Å². The maximum atomic E-state index is 14.8. The lowest BCUT2D eigenvalue weighted by Crippen LogP contribution is -2.35. The third-order valence-corrected chi connectivity index (χ3v) is 7.71. The Morgan fingerprint density at radius 1 is 1.14 bits per heavy atom. The minimum Gasteiger partial charge on any atom is -0.325 e. The second-order valence-corrected chi connectivity index (χ2v) is 10.3. The van der Waals surface area contributed by atoms with Crippen LogP contribution in [0, 0.1) is 5.82 Å². The summed E-state index contributed by atoms with van der Waals surface area (Å²) in [6, 6.07) is 11.3. The van der Waals surface area contributed by atoms with Crippen molar-refractivity contribution in [1.29, 1.82) is 0 Å². The first-order chi connectivity index (χ1) is 17.6. The Balaban J connectivity index is 1.68. The molecule has 1 aromatic heterocycles. The summed E-state index contributed by atoms with van der Waals surface area (Å²) in [6.07, 6.45) is 0.888. The standard InChI is InChI=1S/C24H25F3N6O3S/c1-3-33(37(35,36)4-2)20-11-6-5-8-15(20)14-32(23(26)27)22-17(25)13-28-24(31-22)30-19-10-7-9-18-16(19)12-21(34)29-18/h5-11,13,23H,3-4,12,14H2,1-2H3,(H,29,34)(H,28,30,31). The Morgan fingerprint density at radius 2 is 1.89 bits per heavy atom. The molecular formula is C24H25F3N6O3S. The first kappa shape index (κ1) is 26.2. The van der Waals surface area contributed by atoms with Crippen LogP contribution in [0.4, 0.5) is 42.0 Å². The minimum atomic E-state index is -3.68. The van der Waals surface area contributed by atoms with Gasteiger partial charge in [0.15, 0.2) is 11.6 Å². The molecule has 0 unspecified atom stereocenters. The topological polar surface area (TPSA) is 108 Å². The maximum absolute atomic E-state index is 14.8. The van der Waals surface area contributed by atoms with Crippen LogP contribution in [0.2, 0.25) is 0 Å². The van der Waals surface area contributed by atoms with Crippen molar-refractivity contribution in [1.82, 2.24) is 9.97 Å². The summed E-state index contributed by atoms with van der Waals surface area (Å²) in [6.45, 7) is -0.455. The molecule has 2 heterocycles. The van der Waals surface area contributed by atoms with Gasteiger partial charge in [0, 0.05) is 23.5 Å². The van der Waals surface area contributed by atoms with E-state index in [2.05, 4.69) is 20.6 Å². The fourth-order valence-electron chi connectivity index (χ4n) is 4.09. The van der Waals surface area contributed by atoms with Crippen molar-refractivity contribution in [3.05, 3.63) is 65.6 Å². The molecule has 196 valence electrons. The lowest BCUT2D eigenvalue weighted by Gasteiger charge is -2.28. The third-order valence-electron chi connectivity index (χ3n) is 5.86. The number of anilines is 5. The average Bonchev–Trinajstić information content (AvgIpc) is 3.26. The summed E-state index contributed by atoms with van der Waals surface area (Å²) in [5.74, 6) is -2.25. The van der Waals surface area contributed by atoms with Gasteiger partial charge >= 0.3 is 6.55 Å². The number of hydrogen-bond donors (Lipinski definition) is 2. The fourth-order valence-corrected chi connectivity index (χ4v) is 5.27. The van der Waals surface area contributed by atoms with Crippen molar-refractivity contribution in [2.45, 2.75) is 33.4 Å². The molecule has 0 aliphatic carbocycles. The van der Waals surface area contributed by atoms with Crippen molar-refractivity contribution in [3.63, 3.8) is 0 Å². The molecule has 0 fully saturated rings. The molecule has 37 heavy (non-hydrogen) atoms. The van der Waals surface area contributed by atoms with E-state index in [1.54, 1.807) is 37.3 Å². The van der Waals surface area contributed by atoms with Gasteiger partial charge in [0.2, 0.25) is 21.9 Å². The van der Waals surface area contributed by atoms with Crippen LogP contribution in [-0.4, -0.2) is 43.1 Å². The van der Waals surface area contributed by atoms with Crippen molar-refractivity contribution < 1.29 is 26.4 Å². The van der Waals surface area contributed by atoms with Crippen molar-refractivity contribution in [3.8, 4) is 0 Å². The van der Waals surface area contributed by atoms with Crippen LogP contribution in [0.5, 0.6) is 0 Å². The molecular weight excluding hydrogens is 509 g/mol. The number of halogens is 3. The number of nitrogens with one attached hydrogen (secondary N) is 2. The van der Waals surface area contributed by atoms with Crippen LogP contribution < -0.4 is 19.8 Å². The number of amides is 1. The molecule has 1 amide bonds. The van der Waals surface area contributed by atoms with E-state index in [4.69, 9.17) is 0 Å². The zero-order valence-electron chi connectivity index (χ0n) is 20.1. The van der Waals surface area contributed by atoms with Crippen LogP contribution in [-0.2, 0) is 27.8 Å². The maximum Gasteiger partial charge on any atom is 0.316 e. The lowest BCUT2D eigenvalue weighted by atomic mass is 10.1. The highest BCUT2D eigenvalue weighted by molar-refractivity contribution is 7.92. The Labute approximate surface area is 212 Å². The van der Waals surface area contributed by atoms with E-state index in [1.165, 1.54) is 19.1 Å². The number of rotatable bonds is 10. The zero-order valence-corrected chi connectivity index (χ0v) is 20.9. The quantitative estimate of drug-likeness (QED) is 0.374. The molecule has 0 radical (unpaired) electrons. The predicted octanol–water partition coefficient (Wildman–Crippen LogP) is 4.26. The summed E-state index contributed by atoms with van der Waals surface area (Å²) < 4.78 is 69.6. The molecule has 1 aliphatic heterocycles. The predicted molar refractivity (Wildman–Crippen MR) is 135 cm³/mol. The van der Waals surface area contributed by atoms with E-state index in [1.807, 2.05) is 0 Å². The van der Waals surface area contributed by atoms with Gasteiger partial charge in [0.05, 0.1) is 30.6 Å². The molecule has 2 aromatic carbocycles. The van der Waals surface area contributed by atoms with Gasteiger partial charge in [0.1, 0.15) is 0 Å². The molecule has 9 nitrogen and oxygen atoms in total. The number of sulfonamides is 1. The first-order valence-electron chi connectivity index (χ1n) is 11.5. The molecule has 3 aromatic rings. The Hall–Kier alpha value is -3.87. The Morgan fingerprint density at radius 3 is 2.59 bits per heavy atom. The molecule has 1 aliphatic rings. The van der Waals surface area contributed by atoms with Gasteiger partial charge in [-0.15, -0.1) is 0 Å². The van der Waals surface area contributed by atoms with E-state index >= 15 is 0 Å². The highest BCUT2D eigenvalue weighted by Gasteiger charge is 2.28. The van der Waals surface area contributed by atoms with Crippen LogP contribution in [0.25, 0.3) is 0 Å². The Kier molecular flexibility index (Phi) is 7.52. The normalized spacial score (nSPS) is 12.9. The second kappa shape index (κ2) is 10.6. The van der Waals surface area contributed by atoms with Gasteiger partial charge in [-0.25, -0.2) is 17.8 Å². The van der Waals surface area contributed by atoms with Gasteiger partial charge in [-0.3, -0.25) is 14.0 Å². The lowest BCUT2D eigenvalue weighted by molar-refractivity contribution is -0.115. The second-order valence-electron chi connectivity index (χ2n) is 8.15. The molecule has 0 bridgehead atoms. The third kappa shape index (κ3) is 5.45. The fraction of sp³-hybridized carbons (Fsp3) is 0.292. The summed E-state index contributed by atoms with van der Waals surface area (Å²) >= 11 is 0. The molecule has 0 spiro atoms. The van der Waals surface area contributed by atoms with E-state index in [0.717, 1.165) is 10.5 Å². The number of carbonyl (C=O) groups is 1. The number of para-hydroxylation sites is 1. The monoisotopic (exact) mass is 534 g/mol. The minimum absolute atomic E-state index is 0.0938. The highest BCUT2D eigenvalue weighted by Crippen LogP contribution is 2.33. The van der Waals surface area contributed by atoms with Crippen molar-refractivity contribution in [2.24, 2.45) is 0 Å². The number of benzene rings is 2. The number of nitrogens with zero attached hydrogens (tertiary/aromatic N) is 4. The van der Waals surface area contributed by atoms with Crippen LogP contribution >= 0.6 is 0 Å². The molecule has 0 saturated heterocycles. The Bertz CT molecular complexity index is 1420. The van der Waals surface area contributed by atoms with Gasteiger partial charge < -0.3 is 10.6 Å². The SMILES string of the molecule is CCN(c1ccccc1CN(c1nc(Nc2cccc3c2CC(=O)N3)ncc1F)C(F)F)S(=O)(=O)CC. The van der Waals surface area contributed by atoms with Crippen LogP contribution in [0.1, 0.15) is 25.0 Å². The van der Waals surface area contributed by atoms with E-state index in [-0.39, 0.29) is 41.8 Å². The number of aromatic nitrogens is 2. The largest absolute Gasteiger partial charge is 0.325 e. The summed E-state index contributed by atoms with van der Waals surface area (Å²) in [7, 11) is -3.68. The van der Waals surface area contributed by atoms with Crippen molar-refractivity contribution >= 4 is 44.8 Å². The van der Waals surface area contributed by atoms with E-state index in [9.17, 15) is 26.4 Å². The highest BCUT2D eigenvalue weighted by atomic mass is 32.2. The number of carbonyl (C=O) groups excluding carboxylic acids is 1. The van der Waals surface area contributed by atoms with E-state index in [0.29, 0.717) is 21.8 Å². The average molecular weight is 535 g/mol. The molecule has 4 rings (SSSR count). The molecule has 13 heteroatoms. The first-order valence-corrected chi connectivity index (χ1v) is 13.1. The molecule has 2 N–H and O–H groups in total. The molecule has 0 atom stereocenters. The number of hydrogen-bond acceptors (Lipinski definition) is 7. The van der Waals surface area contributed by atoms with E-state index < -0.39 is 34.8 Å². The summed E-state index contributed by atoms with van der Waals surface area (Å²) in [5.41, 5.74) is 2.21. The van der Waals surface area contributed by atoms with Gasteiger partial charge in [0.25, 0.3) is 0 Å². The smallest absolute Gasteiger partial charge is 0.316 e. The summed E-state index contributed by atoms with van der Waals surface area (Å²) in [4.78, 5) is 20.1. The van der Waals surface area contributed by atoms with Crippen LogP contribution in [0.3, 0.4) is 0 Å². The van der Waals surface area contributed by atoms with Crippen molar-refractivity contribution in [2.75, 3.05) is 32.1 Å². The van der Waals surface area contributed by atoms with Gasteiger partial charge in [-0.05, 0) is 37.6 Å².